The summed E-state index contributed by atoms with van der Waals surface area (Å²) in [6, 6.07) is 8.13. The lowest BCUT2D eigenvalue weighted by atomic mass is 9.95. The van der Waals surface area contributed by atoms with Crippen LogP contribution in [0.2, 0.25) is 0 Å². The summed E-state index contributed by atoms with van der Waals surface area (Å²) in [5, 5.41) is 34.6. The van der Waals surface area contributed by atoms with Gasteiger partial charge in [0, 0.05) is 13.0 Å². The largest absolute Gasteiger partial charge is 0.445 e. The molecule has 9 heteroatoms. The second kappa shape index (κ2) is 29.3. The van der Waals surface area contributed by atoms with Gasteiger partial charge >= 0.3 is 6.09 Å². The van der Waals surface area contributed by atoms with Crippen molar-refractivity contribution >= 4 is 12.0 Å². The zero-order valence-electron chi connectivity index (χ0n) is 32.3. The van der Waals surface area contributed by atoms with E-state index in [1.807, 2.05) is 30.3 Å². The summed E-state index contributed by atoms with van der Waals surface area (Å²) in [6.45, 7) is 4.38. The average molecular weight is 719 g/mol. The van der Waals surface area contributed by atoms with Crippen molar-refractivity contribution in [2.24, 2.45) is 0 Å². The number of ether oxygens (including phenoxy) is 2. The molecule has 1 fully saturated rings. The second-order valence-corrected chi connectivity index (χ2v) is 14.7. The van der Waals surface area contributed by atoms with Gasteiger partial charge in [-0.05, 0) is 18.4 Å². The molecule has 0 spiro atoms. The summed E-state index contributed by atoms with van der Waals surface area (Å²) >= 11 is 0. The molecular weight excluding hydrogens is 644 g/mol. The Bertz CT molecular complexity index is 997. The molecule has 0 aliphatic carbocycles. The maximum absolute atomic E-state index is 13.8. The highest BCUT2D eigenvalue weighted by Crippen LogP contribution is 2.26. The Balaban J connectivity index is 1.95. The summed E-state index contributed by atoms with van der Waals surface area (Å²) in [4.78, 5) is 28.4. The number of hydrogen-bond acceptors (Lipinski definition) is 7. The molecule has 2 rings (SSSR count). The molecule has 1 aliphatic rings. The van der Waals surface area contributed by atoms with E-state index >= 15 is 0 Å². The van der Waals surface area contributed by atoms with Crippen LogP contribution >= 0.6 is 0 Å². The number of nitrogens with one attached hydrogen (secondary N) is 1. The zero-order chi connectivity index (χ0) is 36.9. The number of carbonyl (C=O) groups is 2. The van der Waals surface area contributed by atoms with E-state index in [-0.39, 0.29) is 12.5 Å². The smallest absolute Gasteiger partial charge is 0.407 e. The first-order valence-electron chi connectivity index (χ1n) is 20.8. The molecule has 0 saturated carbocycles. The van der Waals surface area contributed by atoms with Gasteiger partial charge in [-0.3, -0.25) is 4.79 Å². The first-order chi connectivity index (χ1) is 24.9. The molecule has 1 heterocycles. The molecule has 4 N–H and O–H groups in total. The molecule has 51 heavy (non-hydrogen) atoms. The number of unbranched alkanes of at least 4 members (excludes halogenated alkanes) is 21. The Hall–Kier alpha value is -2.20. The topological polar surface area (TPSA) is 129 Å². The summed E-state index contributed by atoms with van der Waals surface area (Å²) < 4.78 is 11.5. The predicted octanol–water partition coefficient (Wildman–Crippen LogP) is 8.95. The van der Waals surface area contributed by atoms with Crippen molar-refractivity contribution < 1.29 is 34.4 Å². The second-order valence-electron chi connectivity index (χ2n) is 14.7. The Morgan fingerprint density at radius 3 is 1.65 bits per heavy atom. The van der Waals surface area contributed by atoms with Crippen molar-refractivity contribution in [3.8, 4) is 0 Å². The molecule has 2 amide bonds. The monoisotopic (exact) mass is 719 g/mol. The standard InChI is InChI=1S/C42H74N2O7/c1-3-5-7-9-11-13-14-15-16-17-19-21-23-28-32-44(37(46)31-27-22-20-18-12-10-8-6-4-2)41-38(40(48)39(47)36(33-45)51-41)43-42(49)50-34-35-29-25-24-26-30-35/h24-26,29-30,36,38-41,45,47-48H,3-23,27-28,31-34H2,1-2H3,(H,43,49)/t36-,38-,39-,40-,41-/m1/s1. The van der Waals surface area contributed by atoms with Crippen LogP contribution in [-0.4, -0.2) is 76.0 Å². The van der Waals surface area contributed by atoms with E-state index in [1.165, 1.54) is 103 Å². The fraction of sp³-hybridized carbons (Fsp3) is 0.810. The van der Waals surface area contributed by atoms with Crippen LogP contribution in [-0.2, 0) is 20.9 Å². The van der Waals surface area contributed by atoms with Gasteiger partial charge < -0.3 is 35.0 Å². The Morgan fingerprint density at radius 1 is 0.686 bits per heavy atom. The third-order valence-corrected chi connectivity index (χ3v) is 10.3. The number of aliphatic hydroxyl groups excluding tert-OH is 3. The van der Waals surface area contributed by atoms with Crippen molar-refractivity contribution in [2.75, 3.05) is 13.2 Å². The molecule has 0 aromatic heterocycles. The summed E-state index contributed by atoms with van der Waals surface area (Å²) in [6.07, 6.45) is 22.0. The van der Waals surface area contributed by atoms with Crippen LogP contribution in [0, 0.1) is 0 Å². The molecule has 1 aliphatic heterocycles. The van der Waals surface area contributed by atoms with Crippen molar-refractivity contribution in [3.05, 3.63) is 35.9 Å². The molecular formula is C42H74N2O7. The first-order valence-corrected chi connectivity index (χ1v) is 20.8. The maximum Gasteiger partial charge on any atom is 0.407 e. The molecule has 1 aromatic carbocycles. The molecule has 9 nitrogen and oxygen atoms in total. The van der Waals surface area contributed by atoms with Crippen molar-refractivity contribution in [3.63, 3.8) is 0 Å². The molecule has 0 unspecified atom stereocenters. The number of hydrogen-bond donors (Lipinski definition) is 4. The van der Waals surface area contributed by atoms with Crippen molar-refractivity contribution in [2.45, 2.75) is 205 Å². The van der Waals surface area contributed by atoms with E-state index in [2.05, 4.69) is 19.2 Å². The molecule has 5 atom stereocenters. The number of nitrogens with zero attached hydrogens (tertiary/aromatic N) is 1. The highest BCUT2D eigenvalue weighted by atomic mass is 16.6. The van der Waals surface area contributed by atoms with E-state index in [9.17, 15) is 24.9 Å². The van der Waals surface area contributed by atoms with Gasteiger partial charge in [0.25, 0.3) is 0 Å². The van der Waals surface area contributed by atoms with Gasteiger partial charge in [-0.15, -0.1) is 0 Å². The van der Waals surface area contributed by atoms with E-state index in [4.69, 9.17) is 9.47 Å². The lowest BCUT2D eigenvalue weighted by Crippen LogP contribution is -2.68. The third kappa shape index (κ3) is 19.4. The fourth-order valence-electron chi connectivity index (χ4n) is 7.02. The quantitative estimate of drug-likeness (QED) is 0.0585. The highest BCUT2D eigenvalue weighted by Gasteiger charge is 2.48. The normalized spacial score (nSPS) is 20.3. The van der Waals surface area contributed by atoms with Gasteiger partial charge in [0.15, 0.2) is 6.23 Å². The van der Waals surface area contributed by atoms with Gasteiger partial charge in [0.2, 0.25) is 5.91 Å². The minimum absolute atomic E-state index is 0.0309. The fourth-order valence-corrected chi connectivity index (χ4v) is 7.02. The summed E-state index contributed by atoms with van der Waals surface area (Å²) in [7, 11) is 0. The van der Waals surface area contributed by atoms with Crippen LogP contribution < -0.4 is 5.32 Å². The van der Waals surface area contributed by atoms with Gasteiger partial charge in [-0.1, -0.05) is 179 Å². The van der Waals surface area contributed by atoms with Crippen LogP contribution in [0.4, 0.5) is 4.79 Å². The van der Waals surface area contributed by atoms with Gasteiger partial charge in [-0.2, -0.15) is 0 Å². The predicted molar refractivity (Wildman–Crippen MR) is 205 cm³/mol. The number of amides is 2. The SMILES string of the molecule is CCCCCCCCCCCCCCCCN(C(=O)CCCCCCCCCCC)[C@@H]1O[C@H](CO)[C@@H](O)[C@H](O)[C@H]1NC(=O)OCc1ccccc1. The van der Waals surface area contributed by atoms with E-state index in [0.29, 0.717) is 13.0 Å². The molecule has 1 aromatic rings. The lowest BCUT2D eigenvalue weighted by molar-refractivity contribution is -0.230. The van der Waals surface area contributed by atoms with Crippen LogP contribution in [0.5, 0.6) is 0 Å². The molecule has 1 saturated heterocycles. The maximum atomic E-state index is 13.8. The minimum Gasteiger partial charge on any atom is -0.445 e. The van der Waals surface area contributed by atoms with Crippen LogP contribution in [0.1, 0.15) is 174 Å². The van der Waals surface area contributed by atoms with Crippen LogP contribution in [0.25, 0.3) is 0 Å². The number of carbonyl (C=O) groups excluding carboxylic acids is 2. The number of rotatable bonds is 30. The van der Waals surface area contributed by atoms with Crippen molar-refractivity contribution in [1.29, 1.82) is 0 Å². The molecule has 0 bridgehead atoms. The summed E-state index contributed by atoms with van der Waals surface area (Å²) in [5.74, 6) is -0.109. The summed E-state index contributed by atoms with van der Waals surface area (Å²) in [5.41, 5.74) is 0.806. The Kier molecular flexibility index (Phi) is 25.8. The Labute approximate surface area is 310 Å². The number of aliphatic hydroxyl groups is 3. The van der Waals surface area contributed by atoms with Crippen LogP contribution in [0.15, 0.2) is 30.3 Å². The highest BCUT2D eigenvalue weighted by molar-refractivity contribution is 5.76. The van der Waals surface area contributed by atoms with Crippen LogP contribution in [0.3, 0.4) is 0 Å². The molecule has 0 radical (unpaired) electrons. The van der Waals surface area contributed by atoms with E-state index in [0.717, 1.165) is 50.5 Å². The lowest BCUT2D eigenvalue weighted by Gasteiger charge is -2.46. The third-order valence-electron chi connectivity index (χ3n) is 10.3. The van der Waals surface area contributed by atoms with E-state index in [1.54, 1.807) is 4.90 Å². The van der Waals surface area contributed by atoms with Gasteiger partial charge in [-0.25, -0.2) is 4.79 Å². The minimum atomic E-state index is -1.47. The number of alkyl carbamates (subject to hydrolysis) is 1. The van der Waals surface area contributed by atoms with E-state index < -0.39 is 43.3 Å². The van der Waals surface area contributed by atoms with Gasteiger partial charge in [0.05, 0.1) is 6.61 Å². The average Bonchev–Trinajstić information content (AvgIpc) is 3.14. The van der Waals surface area contributed by atoms with Crippen molar-refractivity contribution in [1.82, 2.24) is 10.2 Å². The first kappa shape index (κ1) is 45.0. The zero-order valence-corrected chi connectivity index (χ0v) is 32.3. The van der Waals surface area contributed by atoms with Gasteiger partial charge in [0.1, 0.15) is 31.0 Å². The number of benzene rings is 1. The Morgan fingerprint density at radius 2 is 1.16 bits per heavy atom. The molecule has 294 valence electrons.